The highest BCUT2D eigenvalue weighted by atomic mass is 16.5. The summed E-state index contributed by atoms with van der Waals surface area (Å²) in [7, 11) is 3.39. The highest BCUT2D eigenvalue weighted by molar-refractivity contribution is 5.88. The molecule has 1 aromatic carbocycles. The molecule has 0 saturated carbocycles. The number of ether oxygens (including phenoxy) is 3. The minimum absolute atomic E-state index is 0.427. The Hall–Kier alpha value is -1.76. The number of aromatic nitrogens is 1. The number of nitrogens with one attached hydrogen (secondary N) is 1. The van der Waals surface area contributed by atoms with Gasteiger partial charge in [-0.15, -0.1) is 0 Å². The molecule has 0 bridgehead atoms. The zero-order valence-electron chi connectivity index (χ0n) is 14.9. The van der Waals surface area contributed by atoms with Gasteiger partial charge in [0.25, 0.3) is 0 Å². The van der Waals surface area contributed by atoms with Gasteiger partial charge < -0.3 is 19.2 Å². The summed E-state index contributed by atoms with van der Waals surface area (Å²) in [6, 6.07) is 4.64. The first-order valence-corrected chi connectivity index (χ1v) is 9.14. The third-order valence-corrected chi connectivity index (χ3v) is 6.08. The standard InChI is InChI=1S/C19H25N3O3/c1-23-16-9-13-12-3-6-22-15(4-5-21-7-8-25-11-18(21)22)19(12)20-14(13)10-17(16)24-2/h9-10,15,18,20H,3-8,11H2,1-2H3/t15-,18-/m1/s1. The van der Waals surface area contributed by atoms with E-state index in [0.717, 1.165) is 56.3 Å². The molecule has 2 aromatic rings. The summed E-state index contributed by atoms with van der Waals surface area (Å²) in [6.45, 7) is 4.99. The number of methoxy groups -OCH3 is 2. The van der Waals surface area contributed by atoms with E-state index >= 15 is 0 Å². The number of rotatable bonds is 2. The molecule has 25 heavy (non-hydrogen) atoms. The molecule has 3 aliphatic rings. The Morgan fingerprint density at radius 2 is 1.96 bits per heavy atom. The predicted molar refractivity (Wildman–Crippen MR) is 95.4 cm³/mol. The smallest absolute Gasteiger partial charge is 0.162 e. The number of hydrogen-bond acceptors (Lipinski definition) is 5. The normalized spacial score (nSPS) is 26.8. The lowest BCUT2D eigenvalue weighted by molar-refractivity contribution is -0.120. The molecule has 0 amide bonds. The molecule has 0 unspecified atom stereocenters. The van der Waals surface area contributed by atoms with Gasteiger partial charge in [-0.2, -0.15) is 0 Å². The SMILES string of the molecule is COc1cc2[nH]c3c(c2cc1OC)CCN1[C@@H]3CCN2CCOC[C@H]21. The average Bonchev–Trinajstić information content (AvgIpc) is 3.04. The maximum Gasteiger partial charge on any atom is 0.162 e. The lowest BCUT2D eigenvalue weighted by Crippen LogP contribution is -2.61. The monoisotopic (exact) mass is 343 g/mol. The Bertz CT molecular complexity index is 803. The van der Waals surface area contributed by atoms with Crippen molar-refractivity contribution in [3.05, 3.63) is 23.4 Å². The molecule has 0 spiro atoms. The van der Waals surface area contributed by atoms with Crippen LogP contribution in [0.1, 0.15) is 23.7 Å². The van der Waals surface area contributed by atoms with E-state index < -0.39 is 0 Å². The predicted octanol–water partition coefficient (Wildman–Crippen LogP) is 2.15. The van der Waals surface area contributed by atoms with Crippen molar-refractivity contribution in [3.8, 4) is 11.5 Å². The molecule has 6 nitrogen and oxygen atoms in total. The van der Waals surface area contributed by atoms with Crippen LogP contribution in [0, 0.1) is 0 Å². The van der Waals surface area contributed by atoms with Crippen molar-refractivity contribution in [2.24, 2.45) is 0 Å². The van der Waals surface area contributed by atoms with Crippen LogP contribution in [-0.4, -0.2) is 68.0 Å². The lowest BCUT2D eigenvalue weighted by Gasteiger charge is -2.51. The molecule has 1 aromatic heterocycles. The summed E-state index contributed by atoms with van der Waals surface area (Å²) in [6.07, 6.45) is 2.66. The van der Waals surface area contributed by atoms with Crippen molar-refractivity contribution in [1.82, 2.24) is 14.8 Å². The summed E-state index contributed by atoms with van der Waals surface area (Å²) in [4.78, 5) is 8.92. The van der Waals surface area contributed by atoms with E-state index in [-0.39, 0.29) is 0 Å². The first kappa shape index (κ1) is 15.5. The minimum Gasteiger partial charge on any atom is -0.493 e. The van der Waals surface area contributed by atoms with Gasteiger partial charge in [-0.3, -0.25) is 9.80 Å². The van der Waals surface area contributed by atoms with Crippen LogP contribution < -0.4 is 9.47 Å². The van der Waals surface area contributed by atoms with Gasteiger partial charge in [0.1, 0.15) is 0 Å². The Balaban J connectivity index is 1.57. The van der Waals surface area contributed by atoms with Crippen LogP contribution in [0.4, 0.5) is 0 Å². The van der Waals surface area contributed by atoms with Crippen LogP contribution in [-0.2, 0) is 11.2 Å². The summed E-state index contributed by atoms with van der Waals surface area (Å²) in [5, 5.41) is 1.27. The summed E-state index contributed by atoms with van der Waals surface area (Å²) < 4.78 is 16.8. The first-order valence-electron chi connectivity index (χ1n) is 9.14. The van der Waals surface area contributed by atoms with E-state index in [1.165, 1.54) is 23.1 Å². The van der Waals surface area contributed by atoms with Crippen molar-refractivity contribution in [3.63, 3.8) is 0 Å². The molecule has 2 fully saturated rings. The fraction of sp³-hybridized carbons (Fsp3) is 0.579. The van der Waals surface area contributed by atoms with Crippen molar-refractivity contribution >= 4 is 10.9 Å². The highest BCUT2D eigenvalue weighted by Gasteiger charge is 2.41. The Morgan fingerprint density at radius 3 is 2.80 bits per heavy atom. The zero-order valence-corrected chi connectivity index (χ0v) is 14.9. The van der Waals surface area contributed by atoms with E-state index in [4.69, 9.17) is 14.2 Å². The first-order chi connectivity index (χ1) is 12.3. The quantitative estimate of drug-likeness (QED) is 0.905. The summed E-state index contributed by atoms with van der Waals surface area (Å²) in [5.41, 5.74) is 3.97. The lowest BCUT2D eigenvalue weighted by atomic mass is 9.92. The van der Waals surface area contributed by atoms with Gasteiger partial charge in [-0.25, -0.2) is 0 Å². The fourth-order valence-corrected chi connectivity index (χ4v) is 4.86. The molecule has 4 heterocycles. The van der Waals surface area contributed by atoms with Gasteiger partial charge in [0.15, 0.2) is 11.5 Å². The molecule has 1 N–H and O–H groups in total. The molecule has 0 aliphatic carbocycles. The van der Waals surface area contributed by atoms with Crippen molar-refractivity contribution in [2.45, 2.75) is 25.0 Å². The van der Waals surface area contributed by atoms with Crippen LogP contribution in [0.5, 0.6) is 11.5 Å². The van der Waals surface area contributed by atoms with Gasteiger partial charge in [-0.1, -0.05) is 0 Å². The minimum atomic E-state index is 0.427. The Labute approximate surface area is 147 Å². The number of H-pyrrole nitrogens is 1. The van der Waals surface area contributed by atoms with E-state index in [1.54, 1.807) is 14.2 Å². The van der Waals surface area contributed by atoms with E-state index in [1.807, 2.05) is 0 Å². The molecule has 6 heteroatoms. The second kappa shape index (κ2) is 5.90. The molecular weight excluding hydrogens is 318 g/mol. The van der Waals surface area contributed by atoms with E-state index in [9.17, 15) is 0 Å². The maximum atomic E-state index is 5.77. The van der Waals surface area contributed by atoms with Crippen LogP contribution in [0.2, 0.25) is 0 Å². The van der Waals surface area contributed by atoms with Gasteiger partial charge in [-0.05, 0) is 24.5 Å². The molecule has 0 radical (unpaired) electrons. The van der Waals surface area contributed by atoms with Crippen LogP contribution in [0.3, 0.4) is 0 Å². The highest BCUT2D eigenvalue weighted by Crippen LogP contribution is 2.43. The molecule has 2 atom stereocenters. The third kappa shape index (κ3) is 2.28. The molecule has 134 valence electrons. The molecule has 2 saturated heterocycles. The van der Waals surface area contributed by atoms with Gasteiger partial charge in [0, 0.05) is 42.3 Å². The van der Waals surface area contributed by atoms with E-state index in [2.05, 4.69) is 26.9 Å². The number of benzene rings is 1. The molecular formula is C19H25N3O3. The van der Waals surface area contributed by atoms with Crippen molar-refractivity contribution in [2.75, 3.05) is 47.1 Å². The third-order valence-electron chi connectivity index (χ3n) is 6.08. The second-order valence-electron chi connectivity index (χ2n) is 7.15. The van der Waals surface area contributed by atoms with Crippen molar-refractivity contribution < 1.29 is 14.2 Å². The van der Waals surface area contributed by atoms with Crippen LogP contribution in [0.15, 0.2) is 12.1 Å². The second-order valence-corrected chi connectivity index (χ2v) is 7.15. The Morgan fingerprint density at radius 1 is 1.12 bits per heavy atom. The molecule has 5 rings (SSSR count). The zero-order chi connectivity index (χ0) is 17.0. The largest absolute Gasteiger partial charge is 0.493 e. The van der Waals surface area contributed by atoms with E-state index in [0.29, 0.717) is 12.2 Å². The fourth-order valence-electron chi connectivity index (χ4n) is 4.86. The van der Waals surface area contributed by atoms with Crippen molar-refractivity contribution in [1.29, 1.82) is 0 Å². The summed E-state index contributed by atoms with van der Waals surface area (Å²) in [5.74, 6) is 1.58. The molecule has 3 aliphatic heterocycles. The van der Waals surface area contributed by atoms with Crippen LogP contribution >= 0.6 is 0 Å². The van der Waals surface area contributed by atoms with Gasteiger partial charge in [0.05, 0.1) is 39.6 Å². The number of nitrogens with zero attached hydrogens (tertiary/aromatic N) is 2. The van der Waals surface area contributed by atoms with Gasteiger partial charge >= 0.3 is 0 Å². The van der Waals surface area contributed by atoms with Crippen LogP contribution in [0.25, 0.3) is 10.9 Å². The average molecular weight is 343 g/mol. The number of fused-ring (bicyclic) bond motifs is 7. The maximum absolute atomic E-state index is 5.77. The van der Waals surface area contributed by atoms with Gasteiger partial charge in [0.2, 0.25) is 0 Å². The number of hydrogen-bond donors (Lipinski definition) is 1. The topological polar surface area (TPSA) is 50.0 Å². The number of morpholine rings is 1. The summed E-state index contributed by atoms with van der Waals surface area (Å²) >= 11 is 0. The number of aromatic amines is 1. The Kier molecular flexibility index (Phi) is 3.66.